The van der Waals surface area contributed by atoms with Gasteiger partial charge >= 0.3 is 0 Å². The van der Waals surface area contributed by atoms with Crippen molar-refractivity contribution in [1.29, 1.82) is 0 Å². The molecule has 1 aliphatic heterocycles. The predicted octanol–water partition coefficient (Wildman–Crippen LogP) is 1.95. The molecule has 106 valence electrons. The van der Waals surface area contributed by atoms with E-state index in [-0.39, 0.29) is 0 Å². The molecule has 0 atom stereocenters. The van der Waals surface area contributed by atoms with Gasteiger partial charge in [0.15, 0.2) is 0 Å². The summed E-state index contributed by atoms with van der Waals surface area (Å²) >= 11 is 0. The van der Waals surface area contributed by atoms with Crippen LogP contribution in [0, 0.1) is 0 Å². The van der Waals surface area contributed by atoms with Crippen LogP contribution in [-0.2, 0) is 6.42 Å². The fourth-order valence-corrected chi connectivity index (χ4v) is 2.30. The van der Waals surface area contributed by atoms with E-state index in [0.717, 1.165) is 24.6 Å². The third-order valence-corrected chi connectivity index (χ3v) is 3.43. The zero-order valence-electron chi connectivity index (χ0n) is 12.0. The molecule has 1 aromatic rings. The summed E-state index contributed by atoms with van der Waals surface area (Å²) < 4.78 is 5.76. The van der Waals surface area contributed by atoms with Crippen LogP contribution in [0.4, 0.5) is 5.82 Å². The molecule has 0 bridgehead atoms. The van der Waals surface area contributed by atoms with E-state index in [1.165, 1.54) is 32.4 Å². The molecule has 1 N–H and O–H groups in total. The van der Waals surface area contributed by atoms with Gasteiger partial charge in [0.25, 0.3) is 0 Å². The van der Waals surface area contributed by atoms with E-state index in [2.05, 4.69) is 20.2 Å². The summed E-state index contributed by atoms with van der Waals surface area (Å²) in [5.41, 5.74) is 0. The van der Waals surface area contributed by atoms with Crippen molar-refractivity contribution in [2.45, 2.75) is 32.6 Å². The average molecular weight is 264 g/mol. The van der Waals surface area contributed by atoms with E-state index < -0.39 is 0 Å². The monoisotopic (exact) mass is 264 g/mol. The van der Waals surface area contributed by atoms with Crippen LogP contribution >= 0.6 is 0 Å². The van der Waals surface area contributed by atoms with Crippen LogP contribution in [0.15, 0.2) is 6.07 Å². The second-order valence-corrected chi connectivity index (χ2v) is 4.86. The zero-order chi connectivity index (χ0) is 13.5. The van der Waals surface area contributed by atoms with Gasteiger partial charge < -0.3 is 10.1 Å². The molecule has 0 aliphatic carbocycles. The van der Waals surface area contributed by atoms with Gasteiger partial charge in [-0.1, -0.05) is 13.3 Å². The quantitative estimate of drug-likeness (QED) is 0.851. The van der Waals surface area contributed by atoms with E-state index in [1.807, 2.05) is 20.0 Å². The maximum Gasteiger partial charge on any atom is 0.218 e. The average Bonchev–Trinajstić information content (AvgIpc) is 2.48. The number of anilines is 1. The van der Waals surface area contributed by atoms with Gasteiger partial charge in [0.1, 0.15) is 18.2 Å². The first-order chi connectivity index (χ1) is 9.31. The molecule has 0 aromatic carbocycles. The van der Waals surface area contributed by atoms with E-state index in [9.17, 15) is 0 Å². The van der Waals surface area contributed by atoms with Crippen molar-refractivity contribution in [1.82, 2.24) is 14.9 Å². The van der Waals surface area contributed by atoms with Gasteiger partial charge in [-0.3, -0.25) is 4.90 Å². The molecule has 0 radical (unpaired) electrons. The van der Waals surface area contributed by atoms with Crippen LogP contribution in [-0.4, -0.2) is 48.2 Å². The molecule has 2 rings (SSSR count). The fourth-order valence-electron chi connectivity index (χ4n) is 2.30. The molecule has 0 amide bonds. The molecule has 0 unspecified atom stereocenters. The highest BCUT2D eigenvalue weighted by Crippen LogP contribution is 2.14. The zero-order valence-corrected chi connectivity index (χ0v) is 12.0. The molecule has 5 nitrogen and oxygen atoms in total. The fraction of sp³-hybridized carbons (Fsp3) is 0.714. The second kappa shape index (κ2) is 7.28. The molecule has 0 spiro atoms. The van der Waals surface area contributed by atoms with Crippen molar-refractivity contribution in [3.8, 4) is 5.88 Å². The molecule has 19 heavy (non-hydrogen) atoms. The standard InChI is InChI=1S/C14H24N4O/c1-3-12-16-13(15-2)11-14(17-12)19-10-9-18-7-5-4-6-8-18/h11H,3-10H2,1-2H3,(H,15,16,17). The molecule has 1 fully saturated rings. The van der Waals surface area contributed by atoms with E-state index in [0.29, 0.717) is 12.5 Å². The number of piperidine rings is 1. The second-order valence-electron chi connectivity index (χ2n) is 4.86. The first-order valence-electron chi connectivity index (χ1n) is 7.22. The Kier molecular flexibility index (Phi) is 5.39. The Balaban J connectivity index is 1.84. The number of aryl methyl sites for hydroxylation is 1. The lowest BCUT2D eigenvalue weighted by molar-refractivity contribution is 0.180. The first kappa shape index (κ1) is 14.1. The van der Waals surface area contributed by atoms with Crippen molar-refractivity contribution < 1.29 is 4.74 Å². The Labute approximate surface area is 115 Å². The van der Waals surface area contributed by atoms with Crippen molar-refractivity contribution in [2.24, 2.45) is 0 Å². The molecule has 2 heterocycles. The van der Waals surface area contributed by atoms with Crippen LogP contribution in [0.2, 0.25) is 0 Å². The number of aromatic nitrogens is 2. The summed E-state index contributed by atoms with van der Waals surface area (Å²) in [6, 6.07) is 1.86. The number of hydrogen-bond acceptors (Lipinski definition) is 5. The van der Waals surface area contributed by atoms with E-state index in [1.54, 1.807) is 0 Å². The van der Waals surface area contributed by atoms with Gasteiger partial charge in [-0.2, -0.15) is 4.98 Å². The summed E-state index contributed by atoms with van der Waals surface area (Å²) in [6.07, 6.45) is 4.82. The highest BCUT2D eigenvalue weighted by atomic mass is 16.5. The summed E-state index contributed by atoms with van der Waals surface area (Å²) in [5.74, 6) is 2.31. The van der Waals surface area contributed by atoms with Crippen LogP contribution in [0.25, 0.3) is 0 Å². The smallest absolute Gasteiger partial charge is 0.218 e. The Morgan fingerprint density at radius 2 is 2.05 bits per heavy atom. The minimum atomic E-state index is 0.674. The van der Waals surface area contributed by atoms with Gasteiger partial charge in [-0.05, 0) is 25.9 Å². The number of nitrogens with zero attached hydrogens (tertiary/aromatic N) is 3. The summed E-state index contributed by atoms with van der Waals surface area (Å²) in [4.78, 5) is 11.2. The van der Waals surface area contributed by atoms with Crippen LogP contribution in [0.3, 0.4) is 0 Å². The Hall–Kier alpha value is -1.36. The highest BCUT2D eigenvalue weighted by molar-refractivity contribution is 5.37. The Morgan fingerprint density at radius 3 is 2.74 bits per heavy atom. The summed E-state index contributed by atoms with van der Waals surface area (Å²) in [6.45, 7) is 6.14. The molecule has 1 aliphatic rings. The van der Waals surface area contributed by atoms with Crippen molar-refractivity contribution in [2.75, 3.05) is 38.6 Å². The van der Waals surface area contributed by atoms with Crippen molar-refractivity contribution >= 4 is 5.82 Å². The number of nitrogens with one attached hydrogen (secondary N) is 1. The third kappa shape index (κ3) is 4.35. The van der Waals surface area contributed by atoms with Crippen molar-refractivity contribution in [3.63, 3.8) is 0 Å². The molecular weight excluding hydrogens is 240 g/mol. The van der Waals surface area contributed by atoms with E-state index >= 15 is 0 Å². The van der Waals surface area contributed by atoms with Crippen LogP contribution in [0.5, 0.6) is 5.88 Å². The van der Waals surface area contributed by atoms with Crippen LogP contribution < -0.4 is 10.1 Å². The van der Waals surface area contributed by atoms with Gasteiger partial charge in [0.2, 0.25) is 5.88 Å². The predicted molar refractivity (Wildman–Crippen MR) is 76.7 cm³/mol. The normalized spacial score (nSPS) is 16.3. The number of likely N-dealkylation sites (tertiary alicyclic amines) is 1. The maximum atomic E-state index is 5.76. The minimum Gasteiger partial charge on any atom is -0.476 e. The topological polar surface area (TPSA) is 50.3 Å². The van der Waals surface area contributed by atoms with Crippen molar-refractivity contribution in [3.05, 3.63) is 11.9 Å². The molecule has 1 aromatic heterocycles. The largest absolute Gasteiger partial charge is 0.476 e. The molecule has 5 heteroatoms. The minimum absolute atomic E-state index is 0.674. The lowest BCUT2D eigenvalue weighted by Gasteiger charge is -2.26. The van der Waals surface area contributed by atoms with Crippen LogP contribution in [0.1, 0.15) is 32.0 Å². The van der Waals surface area contributed by atoms with Gasteiger partial charge in [0, 0.05) is 26.1 Å². The summed E-state index contributed by atoms with van der Waals surface area (Å²) in [5, 5.41) is 3.04. The molecule has 1 saturated heterocycles. The Morgan fingerprint density at radius 1 is 1.26 bits per heavy atom. The summed E-state index contributed by atoms with van der Waals surface area (Å²) in [7, 11) is 1.86. The third-order valence-electron chi connectivity index (χ3n) is 3.43. The lowest BCUT2D eigenvalue weighted by atomic mass is 10.1. The number of hydrogen-bond donors (Lipinski definition) is 1. The van der Waals surface area contributed by atoms with Gasteiger partial charge in [0.05, 0.1) is 0 Å². The SMILES string of the molecule is CCc1nc(NC)cc(OCCN2CCCCC2)n1. The molecular formula is C14H24N4O. The van der Waals surface area contributed by atoms with E-state index in [4.69, 9.17) is 4.74 Å². The first-order valence-corrected chi connectivity index (χ1v) is 7.22. The lowest BCUT2D eigenvalue weighted by Crippen LogP contribution is -2.33. The number of rotatable bonds is 6. The van der Waals surface area contributed by atoms with Gasteiger partial charge in [-0.15, -0.1) is 0 Å². The highest BCUT2D eigenvalue weighted by Gasteiger charge is 2.10. The maximum absolute atomic E-state index is 5.76. The molecule has 0 saturated carbocycles. The Bertz CT molecular complexity index is 369. The van der Waals surface area contributed by atoms with Gasteiger partial charge in [-0.25, -0.2) is 4.98 Å². The number of ether oxygens (including phenoxy) is 1.